The Hall–Kier alpha value is -0.660. The highest BCUT2D eigenvalue weighted by molar-refractivity contribution is 7.89. The molecule has 1 rings (SSSR count). The van der Waals surface area contributed by atoms with E-state index in [2.05, 4.69) is 0 Å². The second kappa shape index (κ2) is 6.32. The Labute approximate surface area is 103 Å². The second-order valence-corrected chi connectivity index (χ2v) is 6.40. The van der Waals surface area contributed by atoms with Crippen LogP contribution in [0.25, 0.3) is 0 Å². The van der Waals surface area contributed by atoms with Gasteiger partial charge in [0.25, 0.3) is 0 Å². The van der Waals surface area contributed by atoms with Gasteiger partial charge in [0.15, 0.2) is 0 Å². The van der Waals surface area contributed by atoms with Gasteiger partial charge in [0, 0.05) is 19.6 Å². The Morgan fingerprint density at radius 3 is 2.53 bits per heavy atom. The zero-order chi connectivity index (χ0) is 12.9. The molecular weight excluding hydrogens is 242 g/mol. The van der Waals surface area contributed by atoms with Crippen molar-refractivity contribution in [1.82, 2.24) is 9.21 Å². The monoisotopic (exact) mass is 263 g/mol. The molecule has 1 fully saturated rings. The maximum absolute atomic E-state index is 11.9. The fourth-order valence-corrected chi connectivity index (χ4v) is 3.53. The molecule has 1 aliphatic heterocycles. The molecule has 0 radical (unpaired) electrons. The SMILES string of the molecule is CCCS(=O)(=O)N1CCCN(CC(N)=O)CC1. The number of nitrogens with two attached hydrogens (primary N) is 1. The third-order valence-corrected chi connectivity index (χ3v) is 4.86. The lowest BCUT2D eigenvalue weighted by molar-refractivity contribution is -0.119. The topological polar surface area (TPSA) is 83.7 Å². The zero-order valence-corrected chi connectivity index (χ0v) is 11.1. The summed E-state index contributed by atoms with van der Waals surface area (Å²) in [7, 11) is -3.12. The zero-order valence-electron chi connectivity index (χ0n) is 10.3. The van der Waals surface area contributed by atoms with Crippen LogP contribution in [0.4, 0.5) is 0 Å². The highest BCUT2D eigenvalue weighted by atomic mass is 32.2. The van der Waals surface area contributed by atoms with Crippen LogP contribution < -0.4 is 5.73 Å². The molecule has 17 heavy (non-hydrogen) atoms. The molecule has 0 aromatic rings. The van der Waals surface area contributed by atoms with E-state index in [1.807, 2.05) is 11.8 Å². The summed E-state index contributed by atoms with van der Waals surface area (Å²) in [4.78, 5) is 12.7. The van der Waals surface area contributed by atoms with Gasteiger partial charge in [0.2, 0.25) is 15.9 Å². The molecule has 0 saturated carbocycles. The number of nitrogens with zero attached hydrogens (tertiary/aromatic N) is 2. The van der Waals surface area contributed by atoms with E-state index in [4.69, 9.17) is 5.73 Å². The lowest BCUT2D eigenvalue weighted by Gasteiger charge is -2.20. The average Bonchev–Trinajstić information content (AvgIpc) is 2.42. The van der Waals surface area contributed by atoms with Crippen molar-refractivity contribution in [3.05, 3.63) is 0 Å². The fraction of sp³-hybridized carbons (Fsp3) is 0.900. The van der Waals surface area contributed by atoms with Crippen LogP contribution in [0, 0.1) is 0 Å². The van der Waals surface area contributed by atoms with Crippen molar-refractivity contribution >= 4 is 15.9 Å². The third kappa shape index (κ3) is 4.61. The molecule has 1 saturated heterocycles. The van der Waals surface area contributed by atoms with E-state index in [1.165, 1.54) is 4.31 Å². The fourth-order valence-electron chi connectivity index (χ4n) is 1.99. The predicted molar refractivity (Wildman–Crippen MR) is 65.9 cm³/mol. The third-order valence-electron chi connectivity index (χ3n) is 2.78. The summed E-state index contributed by atoms with van der Waals surface area (Å²) in [6.45, 7) is 4.36. The van der Waals surface area contributed by atoms with Crippen molar-refractivity contribution < 1.29 is 13.2 Å². The standard InChI is InChI=1S/C10H21N3O3S/c1-2-8-17(15,16)13-5-3-4-12(6-7-13)9-10(11)14/h2-9H2,1H3,(H2,11,14). The van der Waals surface area contributed by atoms with Gasteiger partial charge in [-0.1, -0.05) is 6.92 Å². The van der Waals surface area contributed by atoms with Crippen LogP contribution in [0.2, 0.25) is 0 Å². The van der Waals surface area contributed by atoms with E-state index in [9.17, 15) is 13.2 Å². The number of carbonyl (C=O) groups is 1. The van der Waals surface area contributed by atoms with Crippen LogP contribution >= 0.6 is 0 Å². The van der Waals surface area contributed by atoms with Gasteiger partial charge in [-0.2, -0.15) is 0 Å². The molecule has 1 heterocycles. The number of amides is 1. The Balaban J connectivity index is 2.56. The number of rotatable bonds is 5. The molecule has 0 aromatic carbocycles. The molecule has 1 aliphatic rings. The van der Waals surface area contributed by atoms with Crippen molar-refractivity contribution in [3.8, 4) is 0 Å². The summed E-state index contributed by atoms with van der Waals surface area (Å²) < 4.78 is 25.3. The van der Waals surface area contributed by atoms with Crippen molar-refractivity contribution in [2.75, 3.05) is 38.5 Å². The number of sulfonamides is 1. The van der Waals surface area contributed by atoms with Gasteiger partial charge in [-0.05, 0) is 19.4 Å². The first kappa shape index (κ1) is 14.4. The van der Waals surface area contributed by atoms with Crippen LogP contribution in [0.3, 0.4) is 0 Å². The van der Waals surface area contributed by atoms with Gasteiger partial charge in [0.05, 0.1) is 12.3 Å². The van der Waals surface area contributed by atoms with Crippen LogP contribution in [0.15, 0.2) is 0 Å². The maximum Gasteiger partial charge on any atom is 0.231 e. The molecule has 0 unspecified atom stereocenters. The Bertz CT molecular complexity index is 356. The lowest BCUT2D eigenvalue weighted by Crippen LogP contribution is -2.38. The first-order chi connectivity index (χ1) is 7.95. The number of hydrogen-bond donors (Lipinski definition) is 1. The Kier molecular flexibility index (Phi) is 5.35. The molecule has 0 bridgehead atoms. The van der Waals surface area contributed by atoms with Crippen LogP contribution in [0.5, 0.6) is 0 Å². The van der Waals surface area contributed by atoms with Crippen molar-refractivity contribution in [2.45, 2.75) is 19.8 Å². The van der Waals surface area contributed by atoms with Crippen LogP contribution in [0.1, 0.15) is 19.8 Å². The molecule has 100 valence electrons. The molecule has 0 spiro atoms. The van der Waals surface area contributed by atoms with E-state index in [1.54, 1.807) is 0 Å². The molecule has 0 aromatic heterocycles. The summed E-state index contributed by atoms with van der Waals surface area (Å²) in [5, 5.41) is 0. The van der Waals surface area contributed by atoms with Gasteiger partial charge in [0.1, 0.15) is 0 Å². The Morgan fingerprint density at radius 2 is 1.94 bits per heavy atom. The normalized spacial score (nSPS) is 20.1. The minimum atomic E-state index is -3.12. The largest absolute Gasteiger partial charge is 0.369 e. The minimum absolute atomic E-state index is 0.197. The van der Waals surface area contributed by atoms with Crippen LogP contribution in [-0.2, 0) is 14.8 Å². The van der Waals surface area contributed by atoms with E-state index in [-0.39, 0.29) is 18.2 Å². The highest BCUT2D eigenvalue weighted by Crippen LogP contribution is 2.09. The summed E-state index contributed by atoms with van der Waals surface area (Å²) in [6.07, 6.45) is 1.38. The van der Waals surface area contributed by atoms with Crippen molar-refractivity contribution in [2.24, 2.45) is 5.73 Å². The second-order valence-electron chi connectivity index (χ2n) is 4.31. The number of primary amides is 1. The molecule has 0 atom stereocenters. The first-order valence-electron chi connectivity index (χ1n) is 5.94. The number of hydrogen-bond acceptors (Lipinski definition) is 4. The van der Waals surface area contributed by atoms with E-state index in [0.29, 0.717) is 26.1 Å². The lowest BCUT2D eigenvalue weighted by atomic mass is 10.4. The molecule has 2 N–H and O–H groups in total. The van der Waals surface area contributed by atoms with E-state index >= 15 is 0 Å². The molecule has 7 heteroatoms. The average molecular weight is 263 g/mol. The smallest absolute Gasteiger partial charge is 0.231 e. The first-order valence-corrected chi connectivity index (χ1v) is 7.55. The van der Waals surface area contributed by atoms with E-state index < -0.39 is 10.0 Å². The minimum Gasteiger partial charge on any atom is -0.369 e. The summed E-state index contributed by atoms with van der Waals surface area (Å²) in [5.74, 6) is -0.169. The summed E-state index contributed by atoms with van der Waals surface area (Å²) in [6, 6.07) is 0. The van der Waals surface area contributed by atoms with Crippen LogP contribution in [-0.4, -0.2) is 62.0 Å². The molecule has 0 aliphatic carbocycles. The predicted octanol–water partition coefficient (Wildman–Crippen LogP) is -0.781. The summed E-state index contributed by atoms with van der Waals surface area (Å²) >= 11 is 0. The van der Waals surface area contributed by atoms with Gasteiger partial charge >= 0.3 is 0 Å². The van der Waals surface area contributed by atoms with Gasteiger partial charge < -0.3 is 5.73 Å². The molecule has 1 amide bonds. The molecular formula is C10H21N3O3S. The van der Waals surface area contributed by atoms with E-state index in [0.717, 1.165) is 13.0 Å². The highest BCUT2D eigenvalue weighted by Gasteiger charge is 2.24. The maximum atomic E-state index is 11.9. The Morgan fingerprint density at radius 1 is 1.24 bits per heavy atom. The number of carbonyl (C=O) groups excluding carboxylic acids is 1. The van der Waals surface area contributed by atoms with Gasteiger partial charge in [-0.3, -0.25) is 9.69 Å². The van der Waals surface area contributed by atoms with Gasteiger partial charge in [-0.25, -0.2) is 12.7 Å². The van der Waals surface area contributed by atoms with Crippen molar-refractivity contribution in [3.63, 3.8) is 0 Å². The molecule has 6 nitrogen and oxygen atoms in total. The summed E-state index contributed by atoms with van der Waals surface area (Å²) in [5.41, 5.74) is 5.13. The quantitative estimate of drug-likeness (QED) is 0.705. The van der Waals surface area contributed by atoms with Crippen molar-refractivity contribution in [1.29, 1.82) is 0 Å². The van der Waals surface area contributed by atoms with Gasteiger partial charge in [-0.15, -0.1) is 0 Å².